The first kappa shape index (κ1) is 12.7. The van der Waals surface area contributed by atoms with Crippen molar-refractivity contribution < 1.29 is 5.11 Å². The molecule has 0 radical (unpaired) electrons. The van der Waals surface area contributed by atoms with Gasteiger partial charge < -0.3 is 5.11 Å². The van der Waals surface area contributed by atoms with E-state index in [4.69, 9.17) is 0 Å². The number of nitrogens with zero attached hydrogens (tertiary/aromatic N) is 2. The normalized spacial score (nSPS) is 39.2. The zero-order valence-corrected chi connectivity index (χ0v) is 13.0. The van der Waals surface area contributed by atoms with Crippen LogP contribution >= 0.6 is 11.3 Å². The molecule has 0 spiro atoms. The molecular weight excluding hydrogens is 280 g/mol. The van der Waals surface area contributed by atoms with E-state index in [0.29, 0.717) is 5.92 Å². The zero-order chi connectivity index (χ0) is 14.0. The van der Waals surface area contributed by atoms with Crippen LogP contribution in [-0.4, -0.2) is 20.6 Å². The monoisotopic (exact) mass is 302 g/mol. The van der Waals surface area contributed by atoms with Gasteiger partial charge in [-0.3, -0.25) is 4.40 Å². The van der Waals surface area contributed by atoms with Crippen molar-refractivity contribution in [1.82, 2.24) is 9.38 Å². The Hall–Kier alpha value is -0.870. The number of aliphatic hydroxyl groups excluding tert-OH is 1. The van der Waals surface area contributed by atoms with Gasteiger partial charge in [0.1, 0.15) is 0 Å². The molecule has 0 aromatic carbocycles. The lowest BCUT2D eigenvalue weighted by molar-refractivity contribution is -0.0889. The Balaban J connectivity index is 1.36. The van der Waals surface area contributed by atoms with Crippen molar-refractivity contribution in [2.24, 2.45) is 29.6 Å². The third-order valence-corrected chi connectivity index (χ3v) is 7.08. The highest BCUT2D eigenvalue weighted by Crippen LogP contribution is 2.57. The smallest absolute Gasteiger partial charge is 0.193 e. The van der Waals surface area contributed by atoms with Crippen LogP contribution in [0.4, 0.5) is 0 Å². The minimum absolute atomic E-state index is 0.190. The molecule has 4 saturated carbocycles. The fourth-order valence-electron chi connectivity index (χ4n) is 5.82. The highest BCUT2D eigenvalue weighted by molar-refractivity contribution is 7.15. The van der Waals surface area contributed by atoms with E-state index in [1.165, 1.54) is 32.1 Å². The lowest BCUT2D eigenvalue weighted by Crippen LogP contribution is -2.49. The number of aliphatic hydroxyl groups is 1. The zero-order valence-electron chi connectivity index (χ0n) is 12.2. The topological polar surface area (TPSA) is 37.5 Å². The standard InChI is InChI=1S/C17H22N2OS/c20-15(8-14-9-19-1-2-21-17(19)18-14)16-12-4-10-3-11(6-12)7-13(16)5-10/h1-2,9-13,15-16,20H,3-8H2. The Labute approximate surface area is 129 Å². The van der Waals surface area contributed by atoms with Crippen LogP contribution in [0.5, 0.6) is 0 Å². The second-order valence-corrected chi connectivity index (χ2v) is 8.48. The van der Waals surface area contributed by atoms with E-state index in [2.05, 4.69) is 21.0 Å². The molecule has 0 amide bonds. The third-order valence-electron chi connectivity index (χ3n) is 6.31. The molecule has 1 N–H and O–H groups in total. The van der Waals surface area contributed by atoms with Gasteiger partial charge in [0.05, 0.1) is 11.8 Å². The summed E-state index contributed by atoms with van der Waals surface area (Å²) in [7, 11) is 0. The average molecular weight is 302 g/mol. The van der Waals surface area contributed by atoms with Crippen molar-refractivity contribution in [2.45, 2.75) is 44.6 Å². The number of hydrogen-bond acceptors (Lipinski definition) is 3. The summed E-state index contributed by atoms with van der Waals surface area (Å²) in [5, 5.41) is 12.9. The van der Waals surface area contributed by atoms with Crippen LogP contribution in [-0.2, 0) is 6.42 Å². The fourth-order valence-corrected chi connectivity index (χ4v) is 6.54. The van der Waals surface area contributed by atoms with Crippen LogP contribution in [0, 0.1) is 29.6 Å². The van der Waals surface area contributed by atoms with Gasteiger partial charge in [-0.1, -0.05) is 0 Å². The molecule has 4 aliphatic rings. The van der Waals surface area contributed by atoms with Gasteiger partial charge >= 0.3 is 0 Å². The molecule has 4 heteroatoms. The Morgan fingerprint density at radius 2 is 1.90 bits per heavy atom. The largest absolute Gasteiger partial charge is 0.392 e. The maximum atomic E-state index is 10.9. The summed E-state index contributed by atoms with van der Waals surface area (Å²) in [6.07, 6.45) is 11.7. The molecule has 4 bridgehead atoms. The summed E-state index contributed by atoms with van der Waals surface area (Å²) >= 11 is 1.66. The number of fused-ring (bicyclic) bond motifs is 1. The van der Waals surface area contributed by atoms with E-state index in [-0.39, 0.29) is 6.10 Å². The fraction of sp³-hybridized carbons (Fsp3) is 0.706. The molecule has 21 heavy (non-hydrogen) atoms. The summed E-state index contributed by atoms with van der Waals surface area (Å²) < 4.78 is 2.07. The molecule has 4 fully saturated rings. The average Bonchev–Trinajstić information content (AvgIpc) is 2.98. The third kappa shape index (κ3) is 1.99. The molecule has 2 aromatic heterocycles. The first-order chi connectivity index (χ1) is 10.3. The maximum absolute atomic E-state index is 10.9. The number of hydrogen-bond donors (Lipinski definition) is 1. The second-order valence-electron chi connectivity index (χ2n) is 7.60. The van der Waals surface area contributed by atoms with Crippen molar-refractivity contribution in [2.75, 3.05) is 0 Å². The van der Waals surface area contributed by atoms with Crippen LogP contribution in [0.1, 0.15) is 37.8 Å². The predicted octanol–water partition coefficient (Wildman–Crippen LogP) is 3.37. The molecule has 6 rings (SSSR count). The van der Waals surface area contributed by atoms with Crippen molar-refractivity contribution >= 4 is 16.3 Å². The summed E-state index contributed by atoms with van der Waals surface area (Å²) in [4.78, 5) is 5.69. The molecular formula is C17H22N2OS. The first-order valence-electron chi connectivity index (χ1n) is 8.35. The van der Waals surface area contributed by atoms with Gasteiger partial charge in [-0.05, 0) is 61.7 Å². The number of aromatic nitrogens is 2. The Bertz CT molecular complexity index is 604. The first-order valence-corrected chi connectivity index (χ1v) is 9.23. The van der Waals surface area contributed by atoms with Crippen LogP contribution in [0.2, 0.25) is 0 Å². The summed E-state index contributed by atoms with van der Waals surface area (Å²) in [6, 6.07) is 0. The van der Waals surface area contributed by atoms with E-state index >= 15 is 0 Å². The molecule has 112 valence electrons. The van der Waals surface area contributed by atoms with Crippen LogP contribution in [0.15, 0.2) is 17.8 Å². The lowest BCUT2D eigenvalue weighted by Gasteiger charge is -2.55. The van der Waals surface area contributed by atoms with Gasteiger partial charge in [0.15, 0.2) is 4.96 Å². The van der Waals surface area contributed by atoms with Gasteiger partial charge in [0, 0.05) is 24.2 Å². The van der Waals surface area contributed by atoms with Crippen molar-refractivity contribution in [1.29, 1.82) is 0 Å². The van der Waals surface area contributed by atoms with Gasteiger partial charge in [-0.15, -0.1) is 11.3 Å². The highest BCUT2D eigenvalue weighted by atomic mass is 32.1. The van der Waals surface area contributed by atoms with Crippen molar-refractivity contribution in [3.8, 4) is 0 Å². The number of thiazole rings is 1. The maximum Gasteiger partial charge on any atom is 0.193 e. The molecule has 1 atom stereocenters. The van der Waals surface area contributed by atoms with Gasteiger partial charge in [-0.25, -0.2) is 4.98 Å². The quantitative estimate of drug-likeness (QED) is 0.944. The SMILES string of the molecule is OC(Cc1cn2ccsc2n1)C1C2CC3CC(C2)CC1C3. The lowest BCUT2D eigenvalue weighted by atomic mass is 9.50. The molecule has 0 aliphatic heterocycles. The molecule has 3 nitrogen and oxygen atoms in total. The molecule has 4 aliphatic carbocycles. The van der Waals surface area contributed by atoms with Crippen molar-refractivity contribution in [3.05, 3.63) is 23.5 Å². The van der Waals surface area contributed by atoms with Gasteiger partial charge in [-0.2, -0.15) is 0 Å². The van der Waals surface area contributed by atoms with Gasteiger partial charge in [0.2, 0.25) is 0 Å². The predicted molar refractivity (Wildman–Crippen MR) is 83.3 cm³/mol. The highest BCUT2D eigenvalue weighted by Gasteiger charge is 2.50. The molecule has 0 saturated heterocycles. The number of imidazole rings is 1. The van der Waals surface area contributed by atoms with Crippen LogP contribution in [0.25, 0.3) is 4.96 Å². The number of rotatable bonds is 3. The van der Waals surface area contributed by atoms with E-state index in [9.17, 15) is 5.11 Å². The van der Waals surface area contributed by atoms with E-state index in [1.54, 1.807) is 11.3 Å². The molecule has 2 heterocycles. The summed E-state index contributed by atoms with van der Waals surface area (Å²) in [5.74, 6) is 4.08. The minimum atomic E-state index is -0.190. The van der Waals surface area contributed by atoms with Crippen LogP contribution < -0.4 is 0 Å². The van der Waals surface area contributed by atoms with Gasteiger partial charge in [0.25, 0.3) is 0 Å². The summed E-state index contributed by atoms with van der Waals surface area (Å²) in [6.45, 7) is 0. The molecule has 1 unspecified atom stereocenters. The Morgan fingerprint density at radius 1 is 1.19 bits per heavy atom. The van der Waals surface area contributed by atoms with Crippen molar-refractivity contribution in [3.63, 3.8) is 0 Å². The van der Waals surface area contributed by atoms with Crippen LogP contribution in [0.3, 0.4) is 0 Å². The van der Waals surface area contributed by atoms with E-state index in [0.717, 1.165) is 40.7 Å². The van der Waals surface area contributed by atoms with E-state index < -0.39 is 0 Å². The Morgan fingerprint density at radius 3 is 2.57 bits per heavy atom. The summed E-state index contributed by atoms with van der Waals surface area (Å²) in [5.41, 5.74) is 1.06. The Kier molecular flexibility index (Phi) is 2.75. The second kappa shape index (κ2) is 4.56. The van der Waals surface area contributed by atoms with E-state index in [1.807, 2.05) is 6.20 Å². The minimum Gasteiger partial charge on any atom is -0.392 e. The molecule has 2 aromatic rings.